The molecule has 0 saturated carbocycles. The first-order chi connectivity index (χ1) is 9.65. The van der Waals surface area contributed by atoms with Crippen LogP contribution >= 0.6 is 0 Å². The molecule has 6 heteroatoms. The second-order valence-corrected chi connectivity index (χ2v) is 5.41. The molecular formula is C14H25N5O. The largest absolute Gasteiger partial charge is 0.342 e. The number of hydrogen-bond acceptors (Lipinski definition) is 4. The topological polar surface area (TPSA) is 63.1 Å². The number of carbonyl (C=O) groups is 1. The molecule has 1 aliphatic heterocycles. The number of carbonyl (C=O) groups excluding carboxylic acids is 1. The fourth-order valence-electron chi connectivity index (χ4n) is 2.89. The minimum absolute atomic E-state index is 0.0399. The average Bonchev–Trinajstić information content (AvgIpc) is 2.86. The minimum atomic E-state index is -0.0399. The van der Waals surface area contributed by atoms with Crippen LogP contribution in [0.2, 0.25) is 0 Å². The lowest BCUT2D eigenvalue weighted by Crippen LogP contribution is -2.50. The summed E-state index contributed by atoms with van der Waals surface area (Å²) in [6, 6.07) is -0.0399. The van der Waals surface area contributed by atoms with Crippen molar-refractivity contribution in [1.82, 2.24) is 25.0 Å². The van der Waals surface area contributed by atoms with Crippen LogP contribution in [0.1, 0.15) is 32.5 Å². The summed E-state index contributed by atoms with van der Waals surface area (Å²) in [6.45, 7) is 6.52. The molecule has 1 amide bonds. The monoisotopic (exact) mass is 279 g/mol. The van der Waals surface area contributed by atoms with Gasteiger partial charge in [0.15, 0.2) is 0 Å². The quantitative estimate of drug-likeness (QED) is 0.857. The van der Waals surface area contributed by atoms with Gasteiger partial charge in [0.1, 0.15) is 12.2 Å². The van der Waals surface area contributed by atoms with E-state index in [9.17, 15) is 4.79 Å². The minimum Gasteiger partial charge on any atom is -0.342 e. The number of likely N-dealkylation sites (N-methyl/N-ethyl adjacent to an activating group) is 1. The van der Waals surface area contributed by atoms with E-state index < -0.39 is 0 Å². The Morgan fingerprint density at radius 1 is 1.50 bits per heavy atom. The van der Waals surface area contributed by atoms with E-state index in [1.165, 1.54) is 0 Å². The Morgan fingerprint density at radius 2 is 2.25 bits per heavy atom. The van der Waals surface area contributed by atoms with Gasteiger partial charge in [-0.3, -0.25) is 9.48 Å². The molecule has 2 heterocycles. The van der Waals surface area contributed by atoms with Crippen LogP contribution in [0.5, 0.6) is 0 Å². The predicted molar refractivity (Wildman–Crippen MR) is 77.1 cm³/mol. The lowest BCUT2D eigenvalue weighted by Gasteiger charge is -2.32. The van der Waals surface area contributed by atoms with Crippen LogP contribution in [0.3, 0.4) is 0 Å². The van der Waals surface area contributed by atoms with Crippen molar-refractivity contribution in [2.24, 2.45) is 13.0 Å². The third kappa shape index (κ3) is 3.36. The highest BCUT2D eigenvalue weighted by Gasteiger charge is 2.29. The van der Waals surface area contributed by atoms with Gasteiger partial charge in [-0.1, -0.05) is 0 Å². The Bertz CT molecular complexity index is 441. The van der Waals surface area contributed by atoms with Gasteiger partial charge in [0.05, 0.1) is 6.04 Å². The summed E-state index contributed by atoms with van der Waals surface area (Å²) in [5, 5.41) is 7.46. The van der Waals surface area contributed by atoms with Crippen LogP contribution in [-0.4, -0.2) is 51.2 Å². The fraction of sp³-hybridized carbons (Fsp3) is 0.786. The summed E-state index contributed by atoms with van der Waals surface area (Å²) in [7, 11) is 1.92. The van der Waals surface area contributed by atoms with Crippen LogP contribution < -0.4 is 5.32 Å². The molecule has 0 aromatic carbocycles. The van der Waals surface area contributed by atoms with E-state index in [2.05, 4.69) is 15.4 Å². The number of piperidine rings is 1. The second-order valence-electron chi connectivity index (χ2n) is 5.41. The molecule has 6 nitrogen and oxygen atoms in total. The van der Waals surface area contributed by atoms with E-state index in [4.69, 9.17) is 0 Å². The zero-order valence-corrected chi connectivity index (χ0v) is 12.7. The SMILES string of the molecule is CCN(CC)C(=O)C1CC(Cc2ncnn2C)CCN1. The van der Waals surface area contributed by atoms with Gasteiger partial charge in [-0.05, 0) is 39.2 Å². The summed E-state index contributed by atoms with van der Waals surface area (Å²) < 4.78 is 1.82. The van der Waals surface area contributed by atoms with Crippen molar-refractivity contribution in [2.75, 3.05) is 19.6 Å². The van der Waals surface area contributed by atoms with E-state index >= 15 is 0 Å². The maximum Gasteiger partial charge on any atom is 0.239 e. The molecular weight excluding hydrogens is 254 g/mol. The molecule has 1 fully saturated rings. The molecule has 2 atom stereocenters. The van der Waals surface area contributed by atoms with Crippen LogP contribution in [0.4, 0.5) is 0 Å². The predicted octanol–water partition coefficient (Wildman–Crippen LogP) is 0.594. The maximum atomic E-state index is 12.4. The molecule has 1 N–H and O–H groups in total. The lowest BCUT2D eigenvalue weighted by molar-refractivity contribution is -0.134. The highest BCUT2D eigenvalue weighted by molar-refractivity contribution is 5.82. The van der Waals surface area contributed by atoms with Gasteiger partial charge in [-0.2, -0.15) is 5.10 Å². The van der Waals surface area contributed by atoms with Crippen LogP contribution in [-0.2, 0) is 18.3 Å². The van der Waals surface area contributed by atoms with Gasteiger partial charge >= 0.3 is 0 Å². The standard InChI is InChI=1S/C14H25N5O/c1-4-19(5-2)14(20)12-8-11(6-7-15-12)9-13-16-10-17-18(13)3/h10-12,15H,4-9H2,1-3H3. The Hall–Kier alpha value is -1.43. The molecule has 0 radical (unpaired) electrons. The third-order valence-corrected chi connectivity index (χ3v) is 4.16. The third-order valence-electron chi connectivity index (χ3n) is 4.16. The molecule has 0 spiro atoms. The number of aromatic nitrogens is 3. The summed E-state index contributed by atoms with van der Waals surface area (Å²) in [5.41, 5.74) is 0. The zero-order chi connectivity index (χ0) is 14.5. The second kappa shape index (κ2) is 6.83. The van der Waals surface area contributed by atoms with Crippen molar-refractivity contribution in [3.8, 4) is 0 Å². The highest BCUT2D eigenvalue weighted by Crippen LogP contribution is 2.21. The number of nitrogens with one attached hydrogen (secondary N) is 1. The van der Waals surface area contributed by atoms with E-state index in [0.29, 0.717) is 5.92 Å². The van der Waals surface area contributed by atoms with Crippen molar-refractivity contribution >= 4 is 5.91 Å². The highest BCUT2D eigenvalue weighted by atomic mass is 16.2. The lowest BCUT2D eigenvalue weighted by atomic mass is 9.89. The smallest absolute Gasteiger partial charge is 0.239 e. The molecule has 1 aromatic rings. The van der Waals surface area contributed by atoms with E-state index in [1.54, 1.807) is 6.33 Å². The fourth-order valence-corrected chi connectivity index (χ4v) is 2.89. The number of hydrogen-bond donors (Lipinski definition) is 1. The van der Waals surface area contributed by atoms with Gasteiger partial charge in [-0.25, -0.2) is 4.98 Å². The first kappa shape index (κ1) is 15.0. The Morgan fingerprint density at radius 3 is 2.85 bits per heavy atom. The first-order valence-corrected chi connectivity index (χ1v) is 7.50. The number of nitrogens with zero attached hydrogens (tertiary/aromatic N) is 4. The van der Waals surface area contributed by atoms with E-state index in [0.717, 1.165) is 44.7 Å². The van der Waals surface area contributed by atoms with Crippen molar-refractivity contribution in [1.29, 1.82) is 0 Å². The van der Waals surface area contributed by atoms with Crippen molar-refractivity contribution in [2.45, 2.75) is 39.2 Å². The number of amides is 1. The van der Waals surface area contributed by atoms with Gasteiger partial charge < -0.3 is 10.2 Å². The first-order valence-electron chi connectivity index (χ1n) is 7.50. The van der Waals surface area contributed by atoms with E-state index in [1.807, 2.05) is 30.5 Å². The summed E-state index contributed by atoms with van der Waals surface area (Å²) in [6.07, 6.45) is 4.48. The molecule has 1 aliphatic rings. The van der Waals surface area contributed by atoms with Gasteiger partial charge in [-0.15, -0.1) is 0 Å². The van der Waals surface area contributed by atoms with Crippen LogP contribution in [0, 0.1) is 5.92 Å². The molecule has 2 rings (SSSR count). The van der Waals surface area contributed by atoms with Gasteiger partial charge in [0, 0.05) is 26.6 Å². The van der Waals surface area contributed by atoms with Crippen LogP contribution in [0.25, 0.3) is 0 Å². The maximum absolute atomic E-state index is 12.4. The van der Waals surface area contributed by atoms with Gasteiger partial charge in [0.2, 0.25) is 5.91 Å². The van der Waals surface area contributed by atoms with Crippen molar-refractivity contribution < 1.29 is 4.79 Å². The Balaban J connectivity index is 1.95. The summed E-state index contributed by atoms with van der Waals surface area (Å²) in [4.78, 5) is 18.6. The molecule has 0 aliphatic carbocycles. The number of rotatable bonds is 5. The Labute approximate surface area is 120 Å². The van der Waals surface area contributed by atoms with Crippen molar-refractivity contribution in [3.05, 3.63) is 12.2 Å². The van der Waals surface area contributed by atoms with Crippen molar-refractivity contribution in [3.63, 3.8) is 0 Å². The zero-order valence-electron chi connectivity index (χ0n) is 12.7. The molecule has 2 unspecified atom stereocenters. The Kier molecular flexibility index (Phi) is 5.11. The average molecular weight is 279 g/mol. The summed E-state index contributed by atoms with van der Waals surface area (Å²) >= 11 is 0. The normalized spacial score (nSPS) is 22.8. The van der Waals surface area contributed by atoms with Gasteiger partial charge in [0.25, 0.3) is 0 Å². The molecule has 1 aromatic heterocycles. The van der Waals surface area contributed by atoms with Crippen LogP contribution in [0.15, 0.2) is 6.33 Å². The molecule has 1 saturated heterocycles. The summed E-state index contributed by atoms with van der Waals surface area (Å²) in [5.74, 6) is 1.74. The van der Waals surface area contributed by atoms with E-state index in [-0.39, 0.29) is 11.9 Å². The molecule has 20 heavy (non-hydrogen) atoms. The molecule has 112 valence electrons. The molecule has 0 bridgehead atoms. The number of aryl methyl sites for hydroxylation is 1.